The van der Waals surface area contributed by atoms with E-state index in [9.17, 15) is 4.79 Å². The topological polar surface area (TPSA) is 133 Å². The molecule has 7 heteroatoms. The van der Waals surface area contributed by atoms with E-state index in [-0.39, 0.29) is 11.6 Å². The summed E-state index contributed by atoms with van der Waals surface area (Å²) >= 11 is 0. The number of fused-ring (bicyclic) bond motifs is 1. The lowest BCUT2D eigenvalue weighted by Gasteiger charge is -1.97. The quantitative estimate of drug-likeness (QED) is 0.284. The van der Waals surface area contributed by atoms with Gasteiger partial charge in [0.1, 0.15) is 10.8 Å². The number of nitrogens with two attached hydrogens (primary N) is 2. The van der Waals surface area contributed by atoms with Crippen LogP contribution in [0.2, 0.25) is 0 Å². The molecule has 0 aliphatic rings. The fourth-order valence-corrected chi connectivity index (χ4v) is 1.28. The van der Waals surface area contributed by atoms with Gasteiger partial charge in [0, 0.05) is 12.1 Å². The molecule has 0 bridgehead atoms. The average molecular weight is 222 g/mol. The summed E-state index contributed by atoms with van der Waals surface area (Å²) in [6.45, 7) is 0. The number of hydrogen-bond acceptors (Lipinski definition) is 4. The molecule has 1 aromatic carbocycles. The molecule has 1 aromatic heterocycles. The molecule has 0 atom stereocenters. The third kappa shape index (κ3) is 1.84. The van der Waals surface area contributed by atoms with Crippen LogP contribution in [0.4, 0.5) is 5.69 Å². The summed E-state index contributed by atoms with van der Waals surface area (Å²) in [5, 5.41) is 3.71. The first-order valence-corrected chi connectivity index (χ1v) is 4.19. The largest absolute Gasteiger partial charge is 0.464 e. The molecule has 7 N–H and O–H groups in total. The second-order valence-electron chi connectivity index (χ2n) is 2.93. The lowest BCUT2D eigenvalue weighted by molar-refractivity contribution is -0.526. The van der Waals surface area contributed by atoms with Gasteiger partial charge in [-0.05, 0) is 16.9 Å². The van der Waals surface area contributed by atoms with E-state index in [4.69, 9.17) is 16.1 Å². The summed E-state index contributed by atoms with van der Waals surface area (Å²) < 4.78 is 5.14. The Balaban J connectivity index is 0.00000128. The van der Waals surface area contributed by atoms with E-state index in [1.54, 1.807) is 18.2 Å². The van der Waals surface area contributed by atoms with Crippen molar-refractivity contribution in [2.24, 2.45) is 16.9 Å². The Morgan fingerprint density at radius 2 is 2.06 bits per heavy atom. The first-order valence-electron chi connectivity index (χ1n) is 4.19. The van der Waals surface area contributed by atoms with Gasteiger partial charge in [0.15, 0.2) is 11.1 Å². The summed E-state index contributed by atoms with van der Waals surface area (Å²) in [7, 11) is 0. The third-order valence-electron chi connectivity index (χ3n) is 2.03. The minimum Gasteiger partial charge on any atom is -0.464 e. The van der Waals surface area contributed by atoms with Gasteiger partial charge < -0.3 is 10.6 Å². The van der Waals surface area contributed by atoms with Gasteiger partial charge in [-0.25, -0.2) is 5.84 Å². The normalized spacial score (nSPS) is 11.1. The number of nitrogens with zero attached hydrogens (tertiary/aromatic N) is 2. The first-order chi connectivity index (χ1) is 7.22. The van der Waals surface area contributed by atoms with Crippen molar-refractivity contribution in [2.75, 3.05) is 0 Å². The highest BCUT2D eigenvalue weighted by atomic mass is 16.3. The van der Waals surface area contributed by atoms with Gasteiger partial charge in [0.05, 0.1) is 11.6 Å². The molecule has 0 aliphatic heterocycles. The van der Waals surface area contributed by atoms with Crippen molar-refractivity contribution in [3.8, 4) is 0 Å². The highest BCUT2D eigenvalue weighted by Gasteiger charge is 2.06. The standard InChI is InChI=1S/C9H8N4O2.H3N/c10-12-13(11)6-1-2-9-7(5-6)8(14)3-4-15-9;/h1-5,10H,11H2;1H3/p+1. The molecule has 16 heavy (non-hydrogen) atoms. The first kappa shape index (κ1) is 11.7. The predicted molar refractivity (Wildman–Crippen MR) is 58.2 cm³/mol. The van der Waals surface area contributed by atoms with E-state index >= 15 is 0 Å². The maximum absolute atomic E-state index is 11.5. The zero-order valence-corrected chi connectivity index (χ0v) is 8.46. The molecule has 0 aliphatic carbocycles. The summed E-state index contributed by atoms with van der Waals surface area (Å²) in [6, 6.07) is 6.20. The van der Waals surface area contributed by atoms with Crippen molar-refractivity contribution in [2.45, 2.75) is 0 Å². The van der Waals surface area contributed by atoms with Gasteiger partial charge in [0.25, 0.3) is 0 Å². The zero-order valence-electron chi connectivity index (χ0n) is 8.46. The maximum atomic E-state index is 11.5. The molecule has 0 saturated carbocycles. The number of rotatable bonds is 1. The zero-order chi connectivity index (χ0) is 10.8. The predicted octanol–water partition coefficient (Wildman–Crippen LogP) is 0.799. The van der Waals surface area contributed by atoms with Gasteiger partial charge in [0.2, 0.25) is 0 Å². The number of hydrogen-bond donors (Lipinski definition) is 3. The van der Waals surface area contributed by atoms with Gasteiger partial charge in [-0.3, -0.25) is 4.79 Å². The fraction of sp³-hybridized carbons (Fsp3) is 0. The van der Waals surface area contributed by atoms with Crippen LogP contribution in [0.25, 0.3) is 11.0 Å². The van der Waals surface area contributed by atoms with E-state index in [2.05, 4.69) is 5.22 Å². The fourth-order valence-electron chi connectivity index (χ4n) is 1.28. The molecule has 84 valence electrons. The van der Waals surface area contributed by atoms with E-state index in [1.807, 2.05) is 0 Å². The lowest BCUT2D eigenvalue weighted by Crippen LogP contribution is -2.13. The van der Waals surface area contributed by atoms with E-state index in [0.29, 0.717) is 16.7 Å². The third-order valence-corrected chi connectivity index (χ3v) is 2.03. The Morgan fingerprint density at radius 1 is 1.31 bits per heavy atom. The molecular formula is C9H12N5O2+. The van der Waals surface area contributed by atoms with Crippen LogP contribution in [0.5, 0.6) is 0 Å². The number of benzene rings is 1. The minimum absolute atomic E-state index is 0. The Kier molecular flexibility index (Phi) is 3.21. The van der Waals surface area contributed by atoms with E-state index in [1.165, 1.54) is 12.3 Å². The van der Waals surface area contributed by atoms with Crippen LogP contribution in [0.3, 0.4) is 0 Å². The van der Waals surface area contributed by atoms with Crippen LogP contribution in [0, 0.1) is 0 Å². The molecule has 1 heterocycles. The molecule has 0 unspecified atom stereocenters. The highest BCUT2D eigenvalue weighted by molar-refractivity contribution is 5.78. The van der Waals surface area contributed by atoms with Crippen molar-refractivity contribution >= 4 is 16.7 Å². The van der Waals surface area contributed by atoms with Gasteiger partial charge in [-0.1, -0.05) is 0 Å². The van der Waals surface area contributed by atoms with Crippen molar-refractivity contribution < 1.29 is 9.22 Å². The van der Waals surface area contributed by atoms with Crippen LogP contribution >= 0.6 is 0 Å². The van der Waals surface area contributed by atoms with E-state index in [0.717, 1.165) is 4.81 Å². The minimum atomic E-state index is -0.136. The van der Waals surface area contributed by atoms with Crippen molar-refractivity contribution in [1.29, 1.82) is 0 Å². The second-order valence-corrected chi connectivity index (χ2v) is 2.93. The smallest absolute Gasteiger partial charge is 0.192 e. The maximum Gasteiger partial charge on any atom is 0.192 e. The van der Waals surface area contributed by atoms with Crippen LogP contribution in [0.15, 0.2) is 45.0 Å². The second kappa shape index (κ2) is 4.41. The summed E-state index contributed by atoms with van der Waals surface area (Å²) in [5.41, 5.74) is 0.878. The molecule has 0 fully saturated rings. The Labute approximate surface area is 90.5 Å². The van der Waals surface area contributed by atoms with Crippen LogP contribution in [0.1, 0.15) is 0 Å². The van der Waals surface area contributed by atoms with Crippen molar-refractivity contribution in [3.05, 3.63) is 40.8 Å². The summed E-state index contributed by atoms with van der Waals surface area (Å²) in [6.07, 6.45) is 1.35. The number of hydrazine groups is 1. The summed E-state index contributed by atoms with van der Waals surface area (Å²) in [4.78, 5) is 12.4. The molecule has 0 amide bonds. The van der Waals surface area contributed by atoms with Crippen LogP contribution < -0.4 is 23.3 Å². The molecule has 2 rings (SSSR count). The monoisotopic (exact) mass is 222 g/mol. The molecule has 7 nitrogen and oxygen atoms in total. The molecule has 0 spiro atoms. The Hall–Kier alpha value is -2.41. The highest BCUT2D eigenvalue weighted by Crippen LogP contribution is 2.16. The van der Waals surface area contributed by atoms with Crippen LogP contribution in [-0.2, 0) is 0 Å². The van der Waals surface area contributed by atoms with Gasteiger partial charge in [-0.15, -0.1) is 0 Å². The molecule has 2 aromatic rings. The Morgan fingerprint density at radius 3 is 2.75 bits per heavy atom. The van der Waals surface area contributed by atoms with Gasteiger partial charge >= 0.3 is 0 Å². The lowest BCUT2D eigenvalue weighted by atomic mass is 10.2. The van der Waals surface area contributed by atoms with Gasteiger partial charge in [-0.2, -0.15) is 5.84 Å². The molecular weight excluding hydrogens is 210 g/mol. The Bertz CT molecular complexity index is 590. The van der Waals surface area contributed by atoms with E-state index < -0.39 is 0 Å². The molecule has 0 saturated heterocycles. The average Bonchev–Trinajstić information content (AvgIpc) is 2.28. The van der Waals surface area contributed by atoms with Crippen molar-refractivity contribution in [3.63, 3.8) is 0 Å². The van der Waals surface area contributed by atoms with Crippen molar-refractivity contribution in [1.82, 2.24) is 6.15 Å². The SMILES string of the molecule is N.NN=[N+](N)c1ccc2occc(=O)c2c1. The van der Waals surface area contributed by atoms with Crippen LogP contribution in [-0.4, -0.2) is 4.81 Å². The molecule has 0 radical (unpaired) electrons. The summed E-state index contributed by atoms with van der Waals surface area (Å²) in [5.74, 6) is 10.5.